The zero-order chi connectivity index (χ0) is 21.4. The summed E-state index contributed by atoms with van der Waals surface area (Å²) in [5, 5.41) is 3.37. The highest BCUT2D eigenvalue weighted by Crippen LogP contribution is 2.29. The van der Waals surface area contributed by atoms with Crippen LogP contribution in [0.25, 0.3) is 0 Å². The van der Waals surface area contributed by atoms with Crippen LogP contribution < -0.4 is 19.5 Å². The number of nitrogens with one attached hydrogen (secondary N) is 1. The van der Waals surface area contributed by atoms with E-state index in [0.29, 0.717) is 22.3 Å². The summed E-state index contributed by atoms with van der Waals surface area (Å²) < 4.78 is 20.8. The summed E-state index contributed by atoms with van der Waals surface area (Å²) in [5.41, 5.74) is 1.58. The highest BCUT2D eigenvalue weighted by atomic mass is 35.5. The van der Waals surface area contributed by atoms with Gasteiger partial charge in [-0.05, 0) is 55.8 Å². The van der Waals surface area contributed by atoms with Gasteiger partial charge in [-0.25, -0.2) is 4.79 Å². The van der Waals surface area contributed by atoms with Crippen LogP contribution in [0.2, 0.25) is 5.02 Å². The monoisotopic (exact) mass is 421 g/mol. The first kappa shape index (κ1) is 22.4. The molecule has 2 aromatic carbocycles. The van der Waals surface area contributed by atoms with E-state index in [9.17, 15) is 9.59 Å². The fourth-order valence-electron chi connectivity index (χ4n) is 2.58. The molecule has 8 heteroatoms. The molecule has 0 radical (unpaired) electrons. The average molecular weight is 422 g/mol. The summed E-state index contributed by atoms with van der Waals surface area (Å²) in [5.74, 6) is 0.648. The van der Waals surface area contributed by atoms with Crippen LogP contribution in [0.5, 0.6) is 17.2 Å². The zero-order valence-electron chi connectivity index (χ0n) is 16.8. The van der Waals surface area contributed by atoms with Gasteiger partial charge in [0.05, 0.1) is 20.3 Å². The Balaban J connectivity index is 1.83. The number of esters is 1. The Morgan fingerprint density at radius 2 is 1.76 bits per heavy atom. The first-order valence-corrected chi connectivity index (χ1v) is 9.27. The fraction of sp³-hybridized carbons (Fsp3) is 0.333. The lowest BCUT2D eigenvalue weighted by molar-refractivity contribution is -0.150. The number of benzene rings is 2. The van der Waals surface area contributed by atoms with Crippen LogP contribution in [-0.4, -0.2) is 39.3 Å². The summed E-state index contributed by atoms with van der Waals surface area (Å²) in [4.78, 5) is 23.9. The van der Waals surface area contributed by atoms with Crippen LogP contribution in [-0.2, 0) is 14.3 Å². The number of amides is 1. The predicted molar refractivity (Wildman–Crippen MR) is 109 cm³/mol. The van der Waals surface area contributed by atoms with Crippen LogP contribution in [0.1, 0.15) is 24.1 Å². The maximum absolute atomic E-state index is 12.1. The third-order valence-electron chi connectivity index (χ3n) is 4.13. The van der Waals surface area contributed by atoms with E-state index < -0.39 is 18.5 Å². The van der Waals surface area contributed by atoms with E-state index in [1.807, 2.05) is 6.92 Å². The van der Waals surface area contributed by atoms with Crippen molar-refractivity contribution < 1.29 is 28.5 Å². The van der Waals surface area contributed by atoms with E-state index in [0.717, 1.165) is 11.1 Å². The minimum absolute atomic E-state index is 0.312. The van der Waals surface area contributed by atoms with Crippen molar-refractivity contribution in [3.63, 3.8) is 0 Å². The molecule has 0 fully saturated rings. The lowest BCUT2D eigenvalue weighted by Crippen LogP contribution is -2.32. The minimum Gasteiger partial charge on any atom is -0.497 e. The van der Waals surface area contributed by atoms with Gasteiger partial charge in [-0.1, -0.05) is 11.6 Å². The number of aryl methyl sites for hydroxylation is 1. The Bertz CT molecular complexity index is 870. The number of rotatable bonds is 9. The summed E-state index contributed by atoms with van der Waals surface area (Å²) in [6.07, 6.45) is 0. The molecule has 0 aliphatic heterocycles. The van der Waals surface area contributed by atoms with Gasteiger partial charge in [-0.2, -0.15) is 0 Å². The van der Waals surface area contributed by atoms with Crippen LogP contribution >= 0.6 is 11.6 Å². The molecular formula is C21H24ClNO6. The Hall–Kier alpha value is -2.93. The molecule has 2 rings (SSSR count). The number of ether oxygens (including phenoxy) is 4. The van der Waals surface area contributed by atoms with Crippen molar-refractivity contribution in [2.24, 2.45) is 0 Å². The van der Waals surface area contributed by atoms with E-state index in [1.165, 1.54) is 0 Å². The number of methoxy groups -OCH3 is 2. The highest BCUT2D eigenvalue weighted by molar-refractivity contribution is 6.31. The quantitative estimate of drug-likeness (QED) is 0.624. The van der Waals surface area contributed by atoms with Crippen molar-refractivity contribution in [3.8, 4) is 17.2 Å². The second-order valence-electron chi connectivity index (χ2n) is 6.26. The molecule has 1 atom stereocenters. The van der Waals surface area contributed by atoms with Crippen molar-refractivity contribution in [1.82, 2.24) is 5.32 Å². The summed E-state index contributed by atoms with van der Waals surface area (Å²) in [6, 6.07) is 9.97. The minimum atomic E-state index is -0.653. The first-order chi connectivity index (χ1) is 13.8. The van der Waals surface area contributed by atoms with E-state index in [1.54, 1.807) is 57.5 Å². The highest BCUT2D eigenvalue weighted by Gasteiger charge is 2.16. The van der Waals surface area contributed by atoms with Crippen molar-refractivity contribution >= 4 is 23.5 Å². The number of carbonyl (C=O) groups is 2. The van der Waals surface area contributed by atoms with Crippen molar-refractivity contribution in [2.75, 3.05) is 27.4 Å². The van der Waals surface area contributed by atoms with Gasteiger partial charge in [0.15, 0.2) is 13.2 Å². The molecule has 1 N–H and O–H groups in total. The van der Waals surface area contributed by atoms with Crippen LogP contribution in [0.4, 0.5) is 0 Å². The second kappa shape index (κ2) is 10.6. The Morgan fingerprint density at radius 3 is 2.41 bits per heavy atom. The molecule has 0 unspecified atom stereocenters. The smallest absolute Gasteiger partial charge is 0.344 e. The third kappa shape index (κ3) is 6.57. The molecule has 0 aromatic heterocycles. The maximum Gasteiger partial charge on any atom is 0.344 e. The summed E-state index contributed by atoms with van der Waals surface area (Å²) >= 11 is 5.94. The first-order valence-electron chi connectivity index (χ1n) is 8.90. The molecular weight excluding hydrogens is 398 g/mol. The molecule has 156 valence electrons. The third-order valence-corrected chi connectivity index (χ3v) is 4.56. The molecule has 0 bridgehead atoms. The molecule has 7 nitrogen and oxygen atoms in total. The van der Waals surface area contributed by atoms with Crippen molar-refractivity contribution in [1.29, 1.82) is 0 Å². The number of halogens is 1. The Labute approximate surface area is 174 Å². The molecule has 0 heterocycles. The lowest BCUT2D eigenvalue weighted by Gasteiger charge is -2.18. The van der Waals surface area contributed by atoms with Gasteiger partial charge in [-0.15, -0.1) is 0 Å². The maximum atomic E-state index is 12.1. The van der Waals surface area contributed by atoms with Gasteiger partial charge in [0.1, 0.15) is 17.2 Å². The normalized spacial score (nSPS) is 11.3. The van der Waals surface area contributed by atoms with Crippen molar-refractivity contribution in [3.05, 3.63) is 52.5 Å². The lowest BCUT2D eigenvalue weighted by atomic mass is 10.1. The average Bonchev–Trinajstić information content (AvgIpc) is 2.72. The van der Waals surface area contributed by atoms with E-state index >= 15 is 0 Å². The summed E-state index contributed by atoms with van der Waals surface area (Å²) in [6.45, 7) is 2.89. The van der Waals surface area contributed by atoms with Gasteiger partial charge in [0.2, 0.25) is 0 Å². The number of carbonyl (C=O) groups excluding carboxylic acids is 2. The largest absolute Gasteiger partial charge is 0.497 e. The predicted octanol–water partition coefficient (Wildman–Crippen LogP) is 3.47. The molecule has 1 amide bonds. The molecule has 0 saturated carbocycles. The van der Waals surface area contributed by atoms with Crippen molar-refractivity contribution in [2.45, 2.75) is 19.9 Å². The fourth-order valence-corrected chi connectivity index (χ4v) is 2.69. The molecule has 2 aromatic rings. The zero-order valence-corrected chi connectivity index (χ0v) is 17.5. The van der Waals surface area contributed by atoms with E-state index in [-0.39, 0.29) is 12.6 Å². The van der Waals surface area contributed by atoms with Crippen LogP contribution in [0, 0.1) is 6.92 Å². The van der Waals surface area contributed by atoms with Gasteiger partial charge in [0.25, 0.3) is 5.91 Å². The molecule has 0 saturated heterocycles. The van der Waals surface area contributed by atoms with Crippen LogP contribution in [0.3, 0.4) is 0 Å². The van der Waals surface area contributed by atoms with Crippen LogP contribution in [0.15, 0.2) is 36.4 Å². The van der Waals surface area contributed by atoms with Gasteiger partial charge >= 0.3 is 5.97 Å². The molecule has 0 spiro atoms. The second-order valence-corrected chi connectivity index (χ2v) is 6.66. The Kier molecular flexibility index (Phi) is 8.15. The van der Waals surface area contributed by atoms with E-state index in [4.69, 9.17) is 30.5 Å². The van der Waals surface area contributed by atoms with Gasteiger partial charge < -0.3 is 24.3 Å². The molecule has 29 heavy (non-hydrogen) atoms. The molecule has 0 aliphatic rings. The van der Waals surface area contributed by atoms with Gasteiger partial charge in [0, 0.05) is 10.6 Å². The van der Waals surface area contributed by atoms with Gasteiger partial charge in [-0.3, -0.25) is 4.79 Å². The van der Waals surface area contributed by atoms with E-state index in [2.05, 4.69) is 5.32 Å². The molecule has 0 aliphatic carbocycles. The standard InChI is InChI=1S/C21H24ClNO6/c1-13-9-16(5-7-18(13)22)28-12-21(25)29-11-20(24)23-14(2)17-10-15(26-3)6-8-19(17)27-4/h5-10,14H,11-12H2,1-4H3,(H,23,24)/t14-/m1/s1. The SMILES string of the molecule is COc1ccc(OC)c([C@@H](C)NC(=O)COC(=O)COc2ccc(Cl)c(C)c2)c1. The topological polar surface area (TPSA) is 83.1 Å². The number of hydrogen-bond donors (Lipinski definition) is 1. The Morgan fingerprint density at radius 1 is 1.03 bits per heavy atom. The number of hydrogen-bond acceptors (Lipinski definition) is 6. The summed E-state index contributed by atoms with van der Waals surface area (Å²) in [7, 11) is 3.10.